The zero-order chi connectivity index (χ0) is 27.5. The highest BCUT2D eigenvalue weighted by molar-refractivity contribution is 5.70. The average molecular weight is 522 g/mol. The lowest BCUT2D eigenvalue weighted by molar-refractivity contribution is -0.543. The summed E-state index contributed by atoms with van der Waals surface area (Å²) < 4.78 is 6.66. The van der Waals surface area contributed by atoms with Crippen LogP contribution in [-0.4, -0.2) is 36.1 Å². The molecule has 2 atom stereocenters. The third-order valence-corrected chi connectivity index (χ3v) is 8.41. The number of hydrogen-bond acceptors (Lipinski definition) is 5. The highest BCUT2D eigenvalue weighted by atomic mass is 16.5. The molecule has 0 radical (unpaired) electrons. The molecule has 7 heteroatoms. The summed E-state index contributed by atoms with van der Waals surface area (Å²) in [5.41, 5.74) is 4.61. The first-order chi connectivity index (χ1) is 18.7. The van der Waals surface area contributed by atoms with Gasteiger partial charge in [-0.05, 0) is 53.3 Å². The highest BCUT2D eigenvalue weighted by Crippen LogP contribution is 2.49. The van der Waals surface area contributed by atoms with E-state index in [2.05, 4.69) is 36.0 Å². The summed E-state index contributed by atoms with van der Waals surface area (Å²) in [5, 5.41) is 30.7. The van der Waals surface area contributed by atoms with E-state index in [4.69, 9.17) is 4.74 Å². The Kier molecular flexibility index (Phi) is 6.01. The number of likely N-dealkylation sites (N-methyl/N-ethyl adjacent to an activating group) is 1. The van der Waals surface area contributed by atoms with Gasteiger partial charge < -0.3 is 19.8 Å². The quantitative estimate of drug-likeness (QED) is 0.435. The molecule has 1 aliphatic heterocycles. The number of benzene rings is 3. The van der Waals surface area contributed by atoms with Gasteiger partial charge in [-0.25, -0.2) is 4.68 Å². The Balaban J connectivity index is 1.40. The van der Waals surface area contributed by atoms with E-state index in [1.807, 2.05) is 55.6 Å². The average Bonchev–Trinajstić information content (AvgIpc) is 3.38. The maximum atomic E-state index is 13.8. The van der Waals surface area contributed by atoms with Crippen LogP contribution in [-0.2, 0) is 5.41 Å². The van der Waals surface area contributed by atoms with E-state index in [9.17, 15) is 15.0 Å². The highest BCUT2D eigenvalue weighted by Gasteiger charge is 2.44. The molecule has 0 amide bonds. The van der Waals surface area contributed by atoms with Crippen LogP contribution in [0.4, 0.5) is 5.69 Å². The minimum atomic E-state index is -1.23. The summed E-state index contributed by atoms with van der Waals surface area (Å²) in [6.45, 7) is 4.23. The summed E-state index contributed by atoms with van der Waals surface area (Å²) in [5.74, 6) is -1.02. The van der Waals surface area contributed by atoms with Gasteiger partial charge in [-0.2, -0.15) is 0 Å². The van der Waals surface area contributed by atoms with Gasteiger partial charge in [-0.1, -0.05) is 68.5 Å². The normalized spacial score (nSPS) is 24.5. The Morgan fingerprint density at radius 2 is 1.56 bits per heavy atom. The van der Waals surface area contributed by atoms with E-state index in [1.165, 1.54) is 10.2 Å². The lowest BCUT2D eigenvalue weighted by atomic mass is 9.64. The molecule has 1 N–H and O–H groups in total. The maximum Gasteiger partial charge on any atom is 0.275 e. The zero-order valence-electron chi connectivity index (χ0n) is 22.4. The second-order valence-corrected chi connectivity index (χ2v) is 10.9. The Bertz CT molecular complexity index is 1590. The van der Waals surface area contributed by atoms with Gasteiger partial charge in [0.25, 0.3) is 5.56 Å². The summed E-state index contributed by atoms with van der Waals surface area (Å²) >= 11 is 0. The van der Waals surface area contributed by atoms with E-state index in [0.29, 0.717) is 17.1 Å². The molecule has 1 fully saturated rings. The van der Waals surface area contributed by atoms with Crippen LogP contribution in [0.2, 0.25) is 0 Å². The number of H-pyrrole nitrogens is 1. The van der Waals surface area contributed by atoms with Crippen molar-refractivity contribution >= 4 is 5.69 Å². The van der Waals surface area contributed by atoms with Gasteiger partial charge in [0.2, 0.25) is 0 Å². The molecule has 7 nitrogen and oxygen atoms in total. The van der Waals surface area contributed by atoms with Crippen molar-refractivity contribution in [2.24, 2.45) is 5.92 Å². The summed E-state index contributed by atoms with van der Waals surface area (Å²) in [6, 6.07) is 24.6. The van der Waals surface area contributed by atoms with Crippen LogP contribution in [0, 0.1) is 5.92 Å². The van der Waals surface area contributed by atoms with Crippen molar-refractivity contribution in [2.75, 3.05) is 19.1 Å². The lowest BCUT2D eigenvalue weighted by Crippen LogP contribution is -2.65. The van der Waals surface area contributed by atoms with Crippen LogP contribution < -0.4 is 25.4 Å². The van der Waals surface area contributed by atoms with Crippen molar-refractivity contribution in [3.63, 3.8) is 0 Å². The molecule has 39 heavy (non-hydrogen) atoms. The van der Waals surface area contributed by atoms with E-state index in [0.717, 1.165) is 16.9 Å². The Morgan fingerprint density at radius 3 is 2.21 bits per heavy atom. The summed E-state index contributed by atoms with van der Waals surface area (Å²) in [6.07, 6.45) is -0.603. The molecule has 2 heterocycles. The molecule has 0 saturated heterocycles. The first kappa shape index (κ1) is 25.2. The Hall–Kier alpha value is -4.07. The standard InChI is InChI=1S/C32H31N3O4/c1-32(2)23-12-8-9-13-24(23)34(3)25(32)18-22-29(36)27(30(22)37)26-28(19-10-6-5-7-11-19)33-35(31(26)38)20-14-16-21(39-4)17-15-20/h5-18,22,27,29-30,33H,1-4H3/q-2. The van der Waals surface area contributed by atoms with Gasteiger partial charge in [-0.3, -0.25) is 9.89 Å². The Labute approximate surface area is 227 Å². The number of nitrogens with one attached hydrogen (secondary N) is 1. The number of aromatic amines is 1. The molecule has 200 valence electrons. The van der Waals surface area contributed by atoms with Crippen LogP contribution in [0.15, 0.2) is 95.4 Å². The number of anilines is 1. The maximum absolute atomic E-state index is 13.8. The molecule has 0 bridgehead atoms. The molecular formula is C32H31N3O4-2. The fourth-order valence-electron chi connectivity index (χ4n) is 6.21. The van der Waals surface area contributed by atoms with Crippen molar-refractivity contribution in [1.29, 1.82) is 0 Å². The molecule has 1 aromatic heterocycles. The molecule has 2 aliphatic rings. The SMILES string of the molecule is COc1ccc(-n2[nH]c(-c3ccccc3)c(C3C([O-])C(C=C4N(C)c5ccccc5C4(C)C)C3[O-])c2=O)cc1. The third kappa shape index (κ3) is 3.84. The van der Waals surface area contributed by atoms with Crippen molar-refractivity contribution in [2.45, 2.75) is 37.4 Å². The molecule has 0 spiro atoms. The topological polar surface area (TPSA) is 96.4 Å². The predicted molar refractivity (Wildman–Crippen MR) is 148 cm³/mol. The fourth-order valence-corrected chi connectivity index (χ4v) is 6.21. The lowest BCUT2D eigenvalue weighted by Gasteiger charge is -2.60. The fraction of sp³-hybridized carbons (Fsp3) is 0.281. The molecule has 4 aromatic rings. The van der Waals surface area contributed by atoms with E-state index in [1.54, 1.807) is 31.4 Å². The predicted octanol–water partition coefficient (Wildman–Crippen LogP) is 3.32. The monoisotopic (exact) mass is 521 g/mol. The first-order valence-electron chi connectivity index (χ1n) is 13.2. The molecular weight excluding hydrogens is 490 g/mol. The minimum Gasteiger partial charge on any atom is -0.851 e. The number of aromatic nitrogens is 2. The number of hydrogen-bond donors (Lipinski definition) is 1. The summed E-state index contributed by atoms with van der Waals surface area (Å²) in [4.78, 5) is 15.9. The van der Waals surface area contributed by atoms with Crippen LogP contribution in [0.1, 0.15) is 30.9 Å². The van der Waals surface area contributed by atoms with Gasteiger partial charge >= 0.3 is 0 Å². The summed E-state index contributed by atoms with van der Waals surface area (Å²) in [7, 11) is 3.55. The second kappa shape index (κ2) is 9.29. The van der Waals surface area contributed by atoms with Crippen molar-refractivity contribution in [3.8, 4) is 22.7 Å². The van der Waals surface area contributed by atoms with E-state index in [-0.39, 0.29) is 16.5 Å². The molecule has 1 aliphatic carbocycles. The van der Waals surface area contributed by atoms with Crippen LogP contribution in [0.3, 0.4) is 0 Å². The van der Waals surface area contributed by atoms with Crippen LogP contribution in [0.5, 0.6) is 5.75 Å². The minimum absolute atomic E-state index is 0.258. The largest absolute Gasteiger partial charge is 0.851 e. The van der Waals surface area contributed by atoms with Gasteiger partial charge in [0, 0.05) is 29.4 Å². The van der Waals surface area contributed by atoms with Gasteiger partial charge in [0.05, 0.1) is 18.5 Å². The van der Waals surface area contributed by atoms with Crippen molar-refractivity contribution in [1.82, 2.24) is 9.78 Å². The number of ether oxygens (including phenoxy) is 1. The van der Waals surface area contributed by atoms with Gasteiger partial charge in [0.15, 0.2) is 0 Å². The molecule has 3 aromatic carbocycles. The van der Waals surface area contributed by atoms with E-state index >= 15 is 0 Å². The molecule has 2 unspecified atom stereocenters. The third-order valence-electron chi connectivity index (χ3n) is 8.41. The van der Waals surface area contributed by atoms with Gasteiger partial charge in [0.1, 0.15) is 5.75 Å². The van der Waals surface area contributed by atoms with Crippen LogP contribution >= 0.6 is 0 Å². The van der Waals surface area contributed by atoms with Gasteiger partial charge in [-0.15, -0.1) is 12.2 Å². The smallest absolute Gasteiger partial charge is 0.275 e. The van der Waals surface area contributed by atoms with Crippen molar-refractivity contribution < 1.29 is 14.9 Å². The zero-order valence-corrected chi connectivity index (χ0v) is 22.4. The first-order valence-corrected chi connectivity index (χ1v) is 13.2. The number of rotatable bonds is 5. The van der Waals surface area contributed by atoms with Crippen LogP contribution in [0.25, 0.3) is 16.9 Å². The second-order valence-electron chi connectivity index (χ2n) is 10.9. The number of para-hydroxylation sites is 1. The number of allylic oxidation sites excluding steroid dienone is 1. The van der Waals surface area contributed by atoms with Crippen molar-refractivity contribution in [3.05, 3.63) is 112 Å². The number of nitrogens with zero attached hydrogens (tertiary/aromatic N) is 2. The molecule has 6 rings (SSSR count). The number of methoxy groups -OCH3 is 1. The molecule has 1 saturated carbocycles. The Morgan fingerprint density at radius 1 is 0.923 bits per heavy atom. The number of fused-ring (bicyclic) bond motifs is 1. The van der Waals surface area contributed by atoms with E-state index < -0.39 is 24.0 Å².